The van der Waals surface area contributed by atoms with Crippen LogP contribution in [0.1, 0.15) is 30.8 Å². The third kappa shape index (κ3) is 1.67. The highest BCUT2D eigenvalue weighted by Gasteiger charge is 2.26. The van der Waals surface area contributed by atoms with Gasteiger partial charge in [-0.1, -0.05) is 0 Å². The fourth-order valence-electron chi connectivity index (χ4n) is 2.65. The average Bonchev–Trinajstić information content (AvgIpc) is 2.86. The molecule has 6 nitrogen and oxygen atoms in total. The van der Waals surface area contributed by atoms with E-state index in [2.05, 4.69) is 10.3 Å². The Labute approximate surface area is 110 Å². The second kappa shape index (κ2) is 3.96. The quantitative estimate of drug-likeness (QED) is 0.674. The number of nitrogens with one attached hydrogen (secondary N) is 1. The Bertz CT molecular complexity index is 690. The molecule has 1 unspecified atom stereocenters. The highest BCUT2D eigenvalue weighted by Crippen LogP contribution is 2.36. The molecule has 1 aliphatic heterocycles. The molecular weight excluding hydrogens is 244 g/mol. The van der Waals surface area contributed by atoms with Gasteiger partial charge in [-0.15, -0.1) is 0 Å². The van der Waals surface area contributed by atoms with Gasteiger partial charge >= 0.3 is 0 Å². The van der Waals surface area contributed by atoms with E-state index in [1.165, 1.54) is 6.92 Å². The second-order valence-corrected chi connectivity index (χ2v) is 4.96. The fourth-order valence-corrected chi connectivity index (χ4v) is 2.65. The van der Waals surface area contributed by atoms with Gasteiger partial charge in [-0.05, 0) is 25.0 Å². The zero-order chi connectivity index (χ0) is 13.7. The number of fused-ring (bicyclic) bond motifs is 3. The van der Waals surface area contributed by atoms with Gasteiger partial charge in [0.2, 0.25) is 5.91 Å². The van der Waals surface area contributed by atoms with Gasteiger partial charge in [0, 0.05) is 13.5 Å². The van der Waals surface area contributed by atoms with Crippen LogP contribution in [0.15, 0.2) is 6.07 Å². The molecule has 0 radical (unpaired) electrons. The Morgan fingerprint density at radius 2 is 2.37 bits per heavy atom. The Morgan fingerprint density at radius 3 is 3.05 bits per heavy atom. The summed E-state index contributed by atoms with van der Waals surface area (Å²) in [7, 11) is 0. The van der Waals surface area contributed by atoms with Crippen LogP contribution in [-0.2, 0) is 11.3 Å². The number of nitrogens with two attached hydrogens (primary N) is 1. The van der Waals surface area contributed by atoms with Gasteiger partial charge in [-0.25, -0.2) is 4.98 Å². The summed E-state index contributed by atoms with van der Waals surface area (Å²) >= 11 is 0. The van der Waals surface area contributed by atoms with E-state index >= 15 is 0 Å². The fraction of sp³-hybridized carbons (Fsp3) is 0.385. The number of carbonyl (C=O) groups is 1. The molecule has 2 aromatic rings. The molecule has 19 heavy (non-hydrogen) atoms. The van der Waals surface area contributed by atoms with Gasteiger partial charge in [-0.3, -0.25) is 4.79 Å². The maximum atomic E-state index is 11.2. The summed E-state index contributed by atoms with van der Waals surface area (Å²) in [5.74, 6) is 0.488. The standard InChI is InChI=1S/C13H16N4O2/c1-6-5-8-12(10(14)11(6)15-7(2)18)16-13-9(19)3-4-17(8)13/h5,9,19H,3-4,14H2,1-2H3,(H,15,18). The summed E-state index contributed by atoms with van der Waals surface area (Å²) in [4.78, 5) is 15.6. The van der Waals surface area contributed by atoms with Crippen molar-refractivity contribution in [2.75, 3.05) is 11.1 Å². The molecule has 3 rings (SSSR count). The number of nitrogens with zero attached hydrogens (tertiary/aromatic N) is 2. The van der Waals surface area contributed by atoms with E-state index < -0.39 is 6.10 Å². The first-order chi connectivity index (χ1) is 8.99. The van der Waals surface area contributed by atoms with Crippen LogP contribution in [0.25, 0.3) is 11.0 Å². The zero-order valence-electron chi connectivity index (χ0n) is 10.9. The van der Waals surface area contributed by atoms with Gasteiger partial charge in [0.15, 0.2) is 0 Å². The number of hydrogen-bond donors (Lipinski definition) is 3. The Hall–Kier alpha value is -2.08. The molecule has 0 saturated heterocycles. The number of aliphatic hydroxyl groups excluding tert-OH is 1. The third-order valence-corrected chi connectivity index (χ3v) is 3.53. The molecule has 0 fully saturated rings. The lowest BCUT2D eigenvalue weighted by atomic mass is 10.1. The molecule has 0 saturated carbocycles. The Kier molecular flexibility index (Phi) is 2.50. The van der Waals surface area contributed by atoms with Crippen LogP contribution in [0.2, 0.25) is 0 Å². The number of rotatable bonds is 1. The van der Waals surface area contributed by atoms with Crippen molar-refractivity contribution in [1.82, 2.24) is 9.55 Å². The van der Waals surface area contributed by atoms with E-state index in [4.69, 9.17) is 5.73 Å². The van der Waals surface area contributed by atoms with Gasteiger partial charge in [0.05, 0.1) is 16.9 Å². The summed E-state index contributed by atoms with van der Waals surface area (Å²) in [6, 6.07) is 1.95. The maximum Gasteiger partial charge on any atom is 0.221 e. The van der Waals surface area contributed by atoms with Gasteiger partial charge < -0.3 is 20.7 Å². The predicted molar refractivity (Wildman–Crippen MR) is 72.8 cm³/mol. The number of benzene rings is 1. The number of aromatic nitrogens is 2. The minimum atomic E-state index is -0.531. The van der Waals surface area contributed by atoms with Crippen molar-refractivity contribution in [3.63, 3.8) is 0 Å². The number of carbonyl (C=O) groups excluding carboxylic acids is 1. The van der Waals surface area contributed by atoms with E-state index in [0.29, 0.717) is 29.1 Å². The summed E-state index contributed by atoms with van der Waals surface area (Å²) in [5, 5.41) is 12.6. The molecule has 1 aliphatic rings. The third-order valence-electron chi connectivity index (χ3n) is 3.53. The van der Waals surface area contributed by atoms with Gasteiger partial charge in [-0.2, -0.15) is 0 Å². The second-order valence-electron chi connectivity index (χ2n) is 4.96. The molecule has 1 aromatic carbocycles. The van der Waals surface area contributed by atoms with Crippen molar-refractivity contribution in [3.8, 4) is 0 Å². The normalized spacial score (nSPS) is 17.7. The van der Waals surface area contributed by atoms with Crippen molar-refractivity contribution in [2.24, 2.45) is 0 Å². The highest BCUT2D eigenvalue weighted by atomic mass is 16.3. The molecule has 0 aliphatic carbocycles. The van der Waals surface area contributed by atoms with Crippen molar-refractivity contribution in [1.29, 1.82) is 0 Å². The minimum Gasteiger partial charge on any atom is -0.395 e. The molecule has 1 amide bonds. The predicted octanol–water partition coefficient (Wildman–Crippen LogP) is 1.32. The molecule has 4 N–H and O–H groups in total. The van der Waals surface area contributed by atoms with Crippen molar-refractivity contribution in [3.05, 3.63) is 17.5 Å². The molecular formula is C13H16N4O2. The van der Waals surface area contributed by atoms with Crippen molar-refractivity contribution < 1.29 is 9.90 Å². The average molecular weight is 260 g/mol. The van der Waals surface area contributed by atoms with Crippen LogP contribution in [0.3, 0.4) is 0 Å². The van der Waals surface area contributed by atoms with Crippen molar-refractivity contribution in [2.45, 2.75) is 32.9 Å². The van der Waals surface area contributed by atoms with E-state index in [-0.39, 0.29) is 5.91 Å². The lowest BCUT2D eigenvalue weighted by molar-refractivity contribution is -0.114. The summed E-state index contributed by atoms with van der Waals surface area (Å²) in [6.07, 6.45) is 0.154. The van der Waals surface area contributed by atoms with Crippen molar-refractivity contribution >= 4 is 28.3 Å². The number of imidazole rings is 1. The highest BCUT2D eigenvalue weighted by molar-refractivity contribution is 6.02. The zero-order valence-corrected chi connectivity index (χ0v) is 10.9. The number of anilines is 2. The largest absolute Gasteiger partial charge is 0.395 e. The first-order valence-corrected chi connectivity index (χ1v) is 6.24. The van der Waals surface area contributed by atoms with Gasteiger partial charge in [0.25, 0.3) is 0 Å². The topological polar surface area (TPSA) is 93.2 Å². The first-order valence-electron chi connectivity index (χ1n) is 6.24. The number of nitrogen functional groups attached to an aromatic ring is 1. The number of hydrogen-bond acceptors (Lipinski definition) is 4. The molecule has 2 heterocycles. The lowest BCUT2D eigenvalue weighted by Gasteiger charge is -2.11. The van der Waals surface area contributed by atoms with E-state index in [0.717, 1.165) is 17.6 Å². The molecule has 0 spiro atoms. The summed E-state index contributed by atoms with van der Waals surface area (Å²) < 4.78 is 1.99. The van der Waals surface area contributed by atoms with E-state index in [9.17, 15) is 9.90 Å². The lowest BCUT2D eigenvalue weighted by Crippen LogP contribution is -2.10. The smallest absolute Gasteiger partial charge is 0.221 e. The Balaban J connectivity index is 2.26. The SMILES string of the molecule is CC(=O)Nc1c(C)cc2c(nc3n2CCC3O)c1N. The maximum absolute atomic E-state index is 11.2. The van der Waals surface area contributed by atoms with Crippen LogP contribution < -0.4 is 11.1 Å². The molecule has 6 heteroatoms. The molecule has 1 aromatic heterocycles. The Morgan fingerprint density at radius 1 is 1.63 bits per heavy atom. The van der Waals surface area contributed by atoms with E-state index in [1.54, 1.807) is 0 Å². The molecule has 1 atom stereocenters. The monoisotopic (exact) mass is 260 g/mol. The molecule has 100 valence electrons. The number of aliphatic hydroxyl groups is 1. The van der Waals surface area contributed by atoms with Crippen LogP contribution in [0, 0.1) is 6.92 Å². The van der Waals surface area contributed by atoms with Crippen LogP contribution in [-0.4, -0.2) is 20.6 Å². The van der Waals surface area contributed by atoms with E-state index in [1.807, 2.05) is 17.6 Å². The minimum absolute atomic E-state index is 0.166. The number of aryl methyl sites for hydroxylation is 2. The number of amides is 1. The van der Waals surface area contributed by atoms with Crippen LogP contribution >= 0.6 is 0 Å². The van der Waals surface area contributed by atoms with Crippen LogP contribution in [0.5, 0.6) is 0 Å². The van der Waals surface area contributed by atoms with Crippen LogP contribution in [0.4, 0.5) is 11.4 Å². The first kappa shape index (κ1) is 12.0. The summed E-state index contributed by atoms with van der Waals surface area (Å²) in [6.45, 7) is 4.08. The van der Waals surface area contributed by atoms with Gasteiger partial charge in [0.1, 0.15) is 17.4 Å². The molecule has 0 bridgehead atoms. The summed E-state index contributed by atoms with van der Waals surface area (Å²) in [5.41, 5.74) is 9.61.